The number of hydrogen-bond donors (Lipinski definition) is 1. The molecule has 0 atom stereocenters. The Kier molecular flexibility index (Phi) is 5.32. The zero-order chi connectivity index (χ0) is 13.6. The second kappa shape index (κ2) is 6.53. The molecule has 0 radical (unpaired) electrons. The molecule has 0 saturated heterocycles. The lowest BCUT2D eigenvalue weighted by molar-refractivity contribution is -0.143. The van der Waals surface area contributed by atoms with Crippen molar-refractivity contribution in [1.29, 1.82) is 0 Å². The average Bonchev–Trinajstić information content (AvgIpc) is 2.73. The molecule has 0 spiro atoms. The maximum Gasteiger partial charge on any atom is 0.445 e. The van der Waals surface area contributed by atoms with Gasteiger partial charge in [-0.05, 0) is 13.3 Å². The third kappa shape index (κ3) is 4.86. The van der Waals surface area contributed by atoms with Crippen LogP contribution in [-0.2, 0) is 15.7 Å². The standard InChI is InChI=1S/C9H12F3N3O2S/c1-2-17-6(16)4-3-5-13-8-15-14-7(18-8)9(10,11)12/h2-5H2,1H3,(H,13,15). The largest absolute Gasteiger partial charge is 0.466 e. The molecule has 1 N–H and O–H groups in total. The molecule has 0 aliphatic carbocycles. The Hall–Kier alpha value is -1.38. The van der Waals surface area contributed by atoms with Crippen molar-refractivity contribution in [3.05, 3.63) is 5.01 Å². The Morgan fingerprint density at radius 2 is 2.17 bits per heavy atom. The Labute approximate surface area is 105 Å². The third-order valence-corrected chi connectivity index (χ3v) is 2.73. The molecule has 0 amide bonds. The molecule has 0 unspecified atom stereocenters. The van der Waals surface area contributed by atoms with Gasteiger partial charge in [-0.25, -0.2) is 0 Å². The topological polar surface area (TPSA) is 64.1 Å². The highest BCUT2D eigenvalue weighted by Gasteiger charge is 2.35. The molecular weight excluding hydrogens is 271 g/mol. The first kappa shape index (κ1) is 14.7. The van der Waals surface area contributed by atoms with E-state index in [-0.39, 0.29) is 17.5 Å². The first-order chi connectivity index (χ1) is 8.43. The summed E-state index contributed by atoms with van der Waals surface area (Å²) in [6, 6.07) is 0. The first-order valence-corrected chi connectivity index (χ1v) is 6.05. The summed E-state index contributed by atoms with van der Waals surface area (Å²) in [5.41, 5.74) is 0. The van der Waals surface area contributed by atoms with Crippen LogP contribution in [0.4, 0.5) is 18.3 Å². The van der Waals surface area contributed by atoms with Gasteiger partial charge in [0.15, 0.2) is 0 Å². The molecule has 102 valence electrons. The summed E-state index contributed by atoms with van der Waals surface area (Å²) in [7, 11) is 0. The van der Waals surface area contributed by atoms with Gasteiger partial charge in [-0.15, -0.1) is 10.2 Å². The molecule has 1 rings (SSSR count). The van der Waals surface area contributed by atoms with Crippen LogP contribution in [0.15, 0.2) is 0 Å². The number of rotatable bonds is 6. The molecule has 18 heavy (non-hydrogen) atoms. The summed E-state index contributed by atoms with van der Waals surface area (Å²) in [5, 5.41) is 8.15. The van der Waals surface area contributed by atoms with E-state index < -0.39 is 11.2 Å². The molecule has 0 aliphatic rings. The summed E-state index contributed by atoms with van der Waals surface area (Å²) in [6.07, 6.45) is -3.80. The number of anilines is 1. The van der Waals surface area contributed by atoms with Crippen LogP contribution in [0.3, 0.4) is 0 Å². The molecule has 5 nitrogen and oxygen atoms in total. The van der Waals surface area contributed by atoms with Crippen LogP contribution in [0.1, 0.15) is 24.8 Å². The van der Waals surface area contributed by atoms with Gasteiger partial charge in [0, 0.05) is 13.0 Å². The maximum atomic E-state index is 12.2. The van der Waals surface area contributed by atoms with Crippen LogP contribution in [0, 0.1) is 0 Å². The van der Waals surface area contributed by atoms with Crippen LogP contribution in [0.2, 0.25) is 0 Å². The van der Waals surface area contributed by atoms with E-state index in [0.717, 1.165) is 0 Å². The second-order valence-corrected chi connectivity index (χ2v) is 4.22. The number of carbonyl (C=O) groups is 1. The number of aromatic nitrogens is 2. The van der Waals surface area contributed by atoms with E-state index in [1.54, 1.807) is 6.92 Å². The molecule has 1 heterocycles. The van der Waals surface area contributed by atoms with Crippen LogP contribution in [-0.4, -0.2) is 29.3 Å². The van der Waals surface area contributed by atoms with E-state index in [0.29, 0.717) is 30.9 Å². The SMILES string of the molecule is CCOC(=O)CCCNc1nnc(C(F)(F)F)s1. The highest BCUT2D eigenvalue weighted by atomic mass is 32.1. The van der Waals surface area contributed by atoms with Crippen LogP contribution in [0.25, 0.3) is 0 Å². The zero-order valence-corrected chi connectivity index (χ0v) is 10.4. The minimum absolute atomic E-state index is 0.0891. The number of hydrogen-bond acceptors (Lipinski definition) is 6. The van der Waals surface area contributed by atoms with Crippen molar-refractivity contribution >= 4 is 22.4 Å². The van der Waals surface area contributed by atoms with Crippen molar-refractivity contribution in [2.75, 3.05) is 18.5 Å². The normalized spacial score (nSPS) is 11.3. The quantitative estimate of drug-likeness (QED) is 0.641. The van der Waals surface area contributed by atoms with Gasteiger partial charge < -0.3 is 10.1 Å². The number of ether oxygens (including phenoxy) is 1. The molecular formula is C9H12F3N3O2S. The number of nitrogens with one attached hydrogen (secondary N) is 1. The highest BCUT2D eigenvalue weighted by Crippen LogP contribution is 2.32. The second-order valence-electron chi connectivity index (χ2n) is 3.25. The minimum atomic E-state index is -4.47. The molecule has 0 saturated carbocycles. The number of carbonyl (C=O) groups excluding carboxylic acids is 1. The Bertz CT molecular complexity index is 395. The Morgan fingerprint density at radius 1 is 1.44 bits per heavy atom. The molecule has 0 fully saturated rings. The van der Waals surface area contributed by atoms with Gasteiger partial charge >= 0.3 is 12.1 Å². The van der Waals surface area contributed by atoms with E-state index in [9.17, 15) is 18.0 Å². The predicted octanol–water partition coefficient (Wildman–Crippen LogP) is 2.31. The molecule has 0 aliphatic heterocycles. The van der Waals surface area contributed by atoms with Crippen molar-refractivity contribution in [3.8, 4) is 0 Å². The third-order valence-electron chi connectivity index (χ3n) is 1.81. The van der Waals surface area contributed by atoms with Gasteiger partial charge in [0.25, 0.3) is 0 Å². The summed E-state index contributed by atoms with van der Waals surface area (Å²) in [5.74, 6) is -0.326. The Morgan fingerprint density at radius 3 is 2.72 bits per heavy atom. The van der Waals surface area contributed by atoms with Gasteiger partial charge in [-0.3, -0.25) is 4.79 Å². The van der Waals surface area contributed by atoms with Gasteiger partial charge in [0.05, 0.1) is 6.61 Å². The molecule has 0 aromatic carbocycles. The van der Waals surface area contributed by atoms with Gasteiger partial charge in [0.2, 0.25) is 10.1 Å². The van der Waals surface area contributed by atoms with Crippen molar-refractivity contribution in [3.63, 3.8) is 0 Å². The van der Waals surface area contributed by atoms with Gasteiger partial charge in [0.1, 0.15) is 0 Å². The number of nitrogens with zero attached hydrogens (tertiary/aromatic N) is 2. The summed E-state index contributed by atoms with van der Waals surface area (Å²) in [4.78, 5) is 11.0. The average molecular weight is 283 g/mol. The fraction of sp³-hybridized carbons (Fsp3) is 0.667. The van der Waals surface area contributed by atoms with Crippen molar-refractivity contribution in [2.45, 2.75) is 25.9 Å². The molecule has 1 aromatic rings. The molecule has 9 heteroatoms. The monoisotopic (exact) mass is 283 g/mol. The van der Waals surface area contributed by atoms with Crippen molar-refractivity contribution in [1.82, 2.24) is 10.2 Å². The van der Waals surface area contributed by atoms with Gasteiger partial charge in [-0.2, -0.15) is 13.2 Å². The smallest absolute Gasteiger partial charge is 0.445 e. The fourth-order valence-corrected chi connectivity index (χ4v) is 1.71. The van der Waals surface area contributed by atoms with E-state index in [1.807, 2.05) is 0 Å². The van der Waals surface area contributed by atoms with Gasteiger partial charge in [-0.1, -0.05) is 11.3 Å². The first-order valence-electron chi connectivity index (χ1n) is 5.23. The van der Waals surface area contributed by atoms with Crippen molar-refractivity contribution in [2.24, 2.45) is 0 Å². The summed E-state index contributed by atoms with van der Waals surface area (Å²) < 4.78 is 41.3. The number of esters is 1. The lowest BCUT2D eigenvalue weighted by Crippen LogP contribution is -2.08. The predicted molar refractivity (Wildman–Crippen MR) is 59.3 cm³/mol. The summed E-state index contributed by atoms with van der Waals surface area (Å²) >= 11 is 0.434. The van der Waals surface area contributed by atoms with E-state index in [4.69, 9.17) is 4.74 Å². The fourth-order valence-electron chi connectivity index (χ4n) is 1.07. The highest BCUT2D eigenvalue weighted by molar-refractivity contribution is 7.15. The lowest BCUT2D eigenvalue weighted by atomic mass is 10.3. The molecule has 0 bridgehead atoms. The summed E-state index contributed by atoms with van der Waals surface area (Å²) in [6.45, 7) is 2.36. The van der Waals surface area contributed by atoms with Crippen LogP contribution < -0.4 is 5.32 Å². The number of halogens is 3. The van der Waals surface area contributed by atoms with Crippen molar-refractivity contribution < 1.29 is 22.7 Å². The van der Waals surface area contributed by atoms with E-state index in [1.165, 1.54) is 0 Å². The maximum absolute atomic E-state index is 12.2. The van der Waals surface area contributed by atoms with E-state index >= 15 is 0 Å². The number of alkyl halides is 3. The molecule has 1 aromatic heterocycles. The van der Waals surface area contributed by atoms with Crippen LogP contribution >= 0.6 is 11.3 Å². The minimum Gasteiger partial charge on any atom is -0.466 e. The van der Waals surface area contributed by atoms with Crippen LogP contribution in [0.5, 0.6) is 0 Å². The lowest BCUT2D eigenvalue weighted by Gasteiger charge is -2.02. The Balaban J connectivity index is 2.28. The van der Waals surface area contributed by atoms with E-state index in [2.05, 4.69) is 15.5 Å². The zero-order valence-electron chi connectivity index (χ0n) is 9.58.